The molecule has 2 aromatic rings. The Balaban J connectivity index is 1.50. The van der Waals surface area contributed by atoms with Gasteiger partial charge in [-0.3, -0.25) is 4.79 Å². The lowest BCUT2D eigenvalue weighted by molar-refractivity contribution is -0.122. The van der Waals surface area contributed by atoms with Crippen LogP contribution in [0.1, 0.15) is 41.0 Å². The van der Waals surface area contributed by atoms with E-state index < -0.39 is 0 Å². The van der Waals surface area contributed by atoms with E-state index in [0.717, 1.165) is 49.2 Å². The van der Waals surface area contributed by atoms with Crippen molar-refractivity contribution in [2.45, 2.75) is 52.1 Å². The normalized spacial score (nSPS) is 17.6. The molecule has 1 aliphatic rings. The first-order valence-electron chi connectivity index (χ1n) is 9.26. The topological polar surface area (TPSA) is 63.2 Å². The van der Waals surface area contributed by atoms with Gasteiger partial charge in [0.2, 0.25) is 5.91 Å². The summed E-state index contributed by atoms with van der Waals surface area (Å²) in [6, 6.07) is 6.15. The minimum Gasteiger partial charge on any atom is -0.493 e. The molecular formula is C20H27N3O2S. The van der Waals surface area contributed by atoms with E-state index in [4.69, 9.17) is 4.74 Å². The van der Waals surface area contributed by atoms with Gasteiger partial charge in [-0.25, -0.2) is 4.98 Å². The first-order chi connectivity index (χ1) is 12.6. The molecular weight excluding hydrogens is 346 g/mol. The molecule has 0 aliphatic carbocycles. The van der Waals surface area contributed by atoms with E-state index in [9.17, 15) is 4.79 Å². The number of aromatic nitrogens is 1. The fourth-order valence-electron chi connectivity index (χ4n) is 3.18. The highest BCUT2D eigenvalue weighted by Crippen LogP contribution is 2.20. The molecule has 1 amide bonds. The number of ether oxygens (including phenoxy) is 1. The van der Waals surface area contributed by atoms with Crippen molar-refractivity contribution in [1.29, 1.82) is 0 Å². The van der Waals surface area contributed by atoms with Crippen molar-refractivity contribution < 1.29 is 9.53 Å². The Labute approximate surface area is 159 Å². The summed E-state index contributed by atoms with van der Waals surface area (Å²) < 4.78 is 5.94. The van der Waals surface area contributed by atoms with E-state index in [1.165, 1.54) is 10.4 Å². The van der Waals surface area contributed by atoms with Crippen LogP contribution in [-0.2, 0) is 17.8 Å². The molecule has 140 valence electrons. The van der Waals surface area contributed by atoms with Crippen LogP contribution in [0.3, 0.4) is 0 Å². The maximum atomic E-state index is 12.0. The van der Waals surface area contributed by atoms with Crippen LogP contribution in [0.25, 0.3) is 0 Å². The molecule has 2 N–H and O–H groups in total. The fourth-order valence-corrected chi connectivity index (χ4v) is 3.94. The molecule has 5 nitrogen and oxygen atoms in total. The molecule has 1 atom stereocenters. The number of amides is 1. The van der Waals surface area contributed by atoms with Crippen molar-refractivity contribution in [2.24, 2.45) is 0 Å². The molecule has 0 spiro atoms. The average molecular weight is 374 g/mol. The molecule has 1 aromatic heterocycles. The molecule has 6 heteroatoms. The zero-order valence-electron chi connectivity index (χ0n) is 15.5. The van der Waals surface area contributed by atoms with E-state index in [0.29, 0.717) is 13.2 Å². The summed E-state index contributed by atoms with van der Waals surface area (Å²) in [5.74, 6) is 1.04. The molecule has 2 heterocycles. The van der Waals surface area contributed by atoms with Crippen molar-refractivity contribution >= 4 is 17.2 Å². The van der Waals surface area contributed by atoms with Crippen LogP contribution in [0, 0.1) is 13.8 Å². The van der Waals surface area contributed by atoms with Crippen LogP contribution in [0.4, 0.5) is 0 Å². The minimum atomic E-state index is -0.0867. The number of carbonyl (C=O) groups is 1. The Bertz CT molecular complexity index is 744. The molecule has 0 bridgehead atoms. The molecule has 1 aliphatic heterocycles. The van der Waals surface area contributed by atoms with Gasteiger partial charge in [-0.15, -0.1) is 11.3 Å². The number of nitrogens with one attached hydrogen (secondary N) is 2. The maximum absolute atomic E-state index is 12.0. The smallest absolute Gasteiger partial charge is 0.237 e. The van der Waals surface area contributed by atoms with Crippen molar-refractivity contribution in [3.63, 3.8) is 0 Å². The summed E-state index contributed by atoms with van der Waals surface area (Å²) in [4.78, 5) is 17.6. The predicted octanol–water partition coefficient (Wildman–Crippen LogP) is 3.14. The Morgan fingerprint density at radius 3 is 3.00 bits per heavy atom. The van der Waals surface area contributed by atoms with Gasteiger partial charge in [-0.2, -0.15) is 0 Å². The van der Waals surface area contributed by atoms with Gasteiger partial charge in [0.25, 0.3) is 0 Å². The number of carbonyl (C=O) groups excluding carboxylic acids is 1. The molecule has 3 rings (SSSR count). The Morgan fingerprint density at radius 1 is 1.35 bits per heavy atom. The van der Waals surface area contributed by atoms with Gasteiger partial charge >= 0.3 is 0 Å². The number of rotatable bonds is 7. The van der Waals surface area contributed by atoms with Crippen molar-refractivity contribution in [3.05, 3.63) is 45.4 Å². The number of nitrogens with zero attached hydrogens (tertiary/aromatic N) is 1. The minimum absolute atomic E-state index is 0.0867. The first kappa shape index (κ1) is 18.9. The second-order valence-electron chi connectivity index (χ2n) is 6.78. The van der Waals surface area contributed by atoms with Crippen LogP contribution in [0.5, 0.6) is 5.75 Å². The summed E-state index contributed by atoms with van der Waals surface area (Å²) in [5, 5.41) is 6.35. The summed E-state index contributed by atoms with van der Waals surface area (Å²) in [6.45, 7) is 6.24. The van der Waals surface area contributed by atoms with Crippen molar-refractivity contribution in [1.82, 2.24) is 15.6 Å². The molecule has 26 heavy (non-hydrogen) atoms. The molecule has 0 radical (unpaired) electrons. The Kier molecular flexibility index (Phi) is 6.63. The maximum Gasteiger partial charge on any atom is 0.237 e. The van der Waals surface area contributed by atoms with E-state index in [-0.39, 0.29) is 11.9 Å². The Morgan fingerprint density at radius 2 is 2.23 bits per heavy atom. The average Bonchev–Trinajstić information content (AvgIpc) is 2.92. The summed E-state index contributed by atoms with van der Waals surface area (Å²) in [7, 11) is 0. The molecule has 1 unspecified atom stereocenters. The van der Waals surface area contributed by atoms with Crippen LogP contribution >= 0.6 is 11.3 Å². The fraction of sp³-hybridized carbons (Fsp3) is 0.500. The second kappa shape index (κ2) is 9.14. The Hall–Kier alpha value is -1.92. The third-order valence-electron chi connectivity index (χ3n) is 4.76. The zero-order valence-corrected chi connectivity index (χ0v) is 16.3. The highest BCUT2D eigenvalue weighted by molar-refractivity contribution is 7.09. The third-order valence-corrected chi connectivity index (χ3v) is 5.75. The summed E-state index contributed by atoms with van der Waals surface area (Å²) in [6.07, 6.45) is 3.94. The molecule has 1 aromatic carbocycles. The quantitative estimate of drug-likeness (QED) is 0.783. The van der Waals surface area contributed by atoms with Crippen LogP contribution < -0.4 is 15.4 Å². The summed E-state index contributed by atoms with van der Waals surface area (Å²) in [5.41, 5.74) is 5.27. The number of benzene rings is 1. The lowest BCUT2D eigenvalue weighted by Gasteiger charge is -2.16. The monoisotopic (exact) mass is 373 g/mol. The lowest BCUT2D eigenvalue weighted by Crippen LogP contribution is -2.42. The van der Waals surface area contributed by atoms with Gasteiger partial charge in [0.1, 0.15) is 5.75 Å². The molecule has 1 saturated heterocycles. The number of aryl methyl sites for hydroxylation is 2. The predicted molar refractivity (Wildman–Crippen MR) is 105 cm³/mol. The van der Waals surface area contributed by atoms with Crippen LogP contribution in [0.15, 0.2) is 23.7 Å². The van der Waals surface area contributed by atoms with Gasteiger partial charge in [-0.05, 0) is 50.3 Å². The van der Waals surface area contributed by atoms with Gasteiger partial charge in [0.15, 0.2) is 0 Å². The number of thiazole rings is 1. The van der Waals surface area contributed by atoms with Crippen LogP contribution in [0.2, 0.25) is 0 Å². The van der Waals surface area contributed by atoms with Crippen molar-refractivity contribution in [2.75, 3.05) is 13.2 Å². The second-order valence-corrected chi connectivity index (χ2v) is 7.72. The van der Waals surface area contributed by atoms with Gasteiger partial charge in [0.05, 0.1) is 23.9 Å². The lowest BCUT2D eigenvalue weighted by atomic mass is 10.1. The third kappa shape index (κ3) is 5.05. The molecule has 1 fully saturated rings. The molecule has 0 saturated carbocycles. The SMILES string of the molecule is Cc1cc(CNC2CCCCNC2=O)ccc1OCCc1scnc1C. The summed E-state index contributed by atoms with van der Waals surface area (Å²) >= 11 is 1.68. The number of hydrogen-bond donors (Lipinski definition) is 2. The standard InChI is InChI=1S/C20H27N3O2S/c1-14-11-16(12-22-17-5-3-4-9-21-20(17)24)6-7-18(14)25-10-8-19-15(2)23-13-26-19/h6-7,11,13,17,22H,3-5,8-10,12H2,1-2H3,(H,21,24). The van der Waals surface area contributed by atoms with E-state index >= 15 is 0 Å². The highest BCUT2D eigenvalue weighted by atomic mass is 32.1. The van der Waals surface area contributed by atoms with Gasteiger partial charge in [-0.1, -0.05) is 12.1 Å². The van der Waals surface area contributed by atoms with Gasteiger partial charge < -0.3 is 15.4 Å². The van der Waals surface area contributed by atoms with E-state index in [1.54, 1.807) is 11.3 Å². The van der Waals surface area contributed by atoms with Crippen molar-refractivity contribution in [3.8, 4) is 5.75 Å². The number of hydrogen-bond acceptors (Lipinski definition) is 5. The zero-order chi connectivity index (χ0) is 18.4. The van der Waals surface area contributed by atoms with E-state index in [1.807, 2.05) is 18.5 Å². The first-order valence-corrected chi connectivity index (χ1v) is 10.1. The van der Waals surface area contributed by atoms with Gasteiger partial charge in [0, 0.05) is 24.4 Å². The van der Waals surface area contributed by atoms with E-state index in [2.05, 4.69) is 34.7 Å². The van der Waals surface area contributed by atoms with Crippen LogP contribution in [-0.4, -0.2) is 30.1 Å². The highest BCUT2D eigenvalue weighted by Gasteiger charge is 2.19. The largest absolute Gasteiger partial charge is 0.493 e.